The molecule has 0 radical (unpaired) electrons. The summed E-state index contributed by atoms with van der Waals surface area (Å²) in [5.74, 6) is 1.70. The predicted octanol–water partition coefficient (Wildman–Crippen LogP) is 2.34. The van der Waals surface area contributed by atoms with E-state index in [1.54, 1.807) is 0 Å². The summed E-state index contributed by atoms with van der Waals surface area (Å²) in [4.78, 5) is 0. The van der Waals surface area contributed by atoms with Gasteiger partial charge in [-0.1, -0.05) is 30.3 Å². The van der Waals surface area contributed by atoms with E-state index in [0.717, 1.165) is 37.4 Å². The molecule has 1 aliphatic heterocycles. The third-order valence-electron chi connectivity index (χ3n) is 4.14. The molecule has 0 bridgehead atoms. The monoisotopic (exact) mass is 312 g/mol. The molecular formula is C19H24N2O2. The van der Waals surface area contributed by atoms with Gasteiger partial charge in [-0.05, 0) is 55.8 Å². The van der Waals surface area contributed by atoms with E-state index in [-0.39, 0.29) is 0 Å². The van der Waals surface area contributed by atoms with Gasteiger partial charge in [0.2, 0.25) is 0 Å². The van der Waals surface area contributed by atoms with Crippen LogP contribution in [0.3, 0.4) is 0 Å². The van der Waals surface area contributed by atoms with Crippen LogP contribution in [0.25, 0.3) is 0 Å². The first-order valence-electron chi connectivity index (χ1n) is 8.19. The highest BCUT2D eigenvalue weighted by atomic mass is 16.5. The minimum atomic E-state index is -0.585. The maximum Gasteiger partial charge on any atom is 0.127 e. The first kappa shape index (κ1) is 16.0. The molecule has 0 amide bonds. The molecule has 1 atom stereocenters. The standard InChI is InChI=1S/C19H24N2O2/c22-19(10-12-21-15-19)14-20-11-9-16-5-4-8-18(13-16)23-17-6-2-1-3-7-17/h1-8,13,20-22H,9-12,14-15H2/t19-/m1/s1. The van der Waals surface area contributed by atoms with Crippen LogP contribution >= 0.6 is 0 Å². The van der Waals surface area contributed by atoms with Crippen LogP contribution < -0.4 is 15.4 Å². The largest absolute Gasteiger partial charge is 0.457 e. The molecule has 1 fully saturated rings. The molecule has 2 aromatic carbocycles. The molecule has 0 aromatic heterocycles. The number of rotatable bonds is 7. The molecule has 122 valence electrons. The summed E-state index contributed by atoms with van der Waals surface area (Å²) in [6, 6.07) is 18.0. The molecule has 1 aliphatic rings. The van der Waals surface area contributed by atoms with Gasteiger partial charge in [0.05, 0.1) is 5.60 Å². The normalized spacial score (nSPS) is 20.6. The fraction of sp³-hybridized carbons (Fsp3) is 0.368. The highest BCUT2D eigenvalue weighted by molar-refractivity contribution is 5.33. The Labute approximate surface area is 137 Å². The van der Waals surface area contributed by atoms with Gasteiger partial charge in [-0.3, -0.25) is 0 Å². The third-order valence-corrected chi connectivity index (χ3v) is 4.14. The van der Waals surface area contributed by atoms with E-state index < -0.39 is 5.60 Å². The van der Waals surface area contributed by atoms with E-state index in [1.165, 1.54) is 5.56 Å². The van der Waals surface area contributed by atoms with Gasteiger partial charge in [0.1, 0.15) is 11.5 Å². The SMILES string of the molecule is O[C@@]1(CNCCc2cccc(Oc3ccccc3)c2)CCNC1. The molecule has 3 rings (SSSR count). The zero-order valence-electron chi connectivity index (χ0n) is 13.3. The van der Waals surface area contributed by atoms with Crippen LogP contribution in [-0.2, 0) is 6.42 Å². The lowest BCUT2D eigenvalue weighted by atomic mass is 10.0. The summed E-state index contributed by atoms with van der Waals surface area (Å²) in [6.45, 7) is 3.06. The Balaban J connectivity index is 1.48. The van der Waals surface area contributed by atoms with E-state index >= 15 is 0 Å². The molecule has 3 N–H and O–H groups in total. The van der Waals surface area contributed by atoms with Gasteiger partial charge < -0.3 is 20.5 Å². The van der Waals surface area contributed by atoms with Crippen molar-refractivity contribution in [1.29, 1.82) is 0 Å². The van der Waals surface area contributed by atoms with Gasteiger partial charge in [-0.2, -0.15) is 0 Å². The fourth-order valence-corrected chi connectivity index (χ4v) is 2.82. The van der Waals surface area contributed by atoms with Gasteiger partial charge in [-0.25, -0.2) is 0 Å². The summed E-state index contributed by atoms with van der Waals surface area (Å²) in [7, 11) is 0. The summed E-state index contributed by atoms with van der Waals surface area (Å²) >= 11 is 0. The first-order valence-corrected chi connectivity index (χ1v) is 8.19. The van der Waals surface area contributed by atoms with E-state index in [2.05, 4.69) is 22.8 Å². The third kappa shape index (κ3) is 4.79. The summed E-state index contributed by atoms with van der Waals surface area (Å²) in [6.07, 6.45) is 1.73. The topological polar surface area (TPSA) is 53.5 Å². The quantitative estimate of drug-likeness (QED) is 0.687. The Morgan fingerprint density at radius 3 is 2.70 bits per heavy atom. The van der Waals surface area contributed by atoms with E-state index in [4.69, 9.17) is 4.74 Å². The maximum absolute atomic E-state index is 10.3. The first-order chi connectivity index (χ1) is 11.2. The van der Waals surface area contributed by atoms with Gasteiger partial charge in [-0.15, -0.1) is 0 Å². The number of para-hydroxylation sites is 1. The van der Waals surface area contributed by atoms with Crippen molar-refractivity contribution in [2.24, 2.45) is 0 Å². The highest BCUT2D eigenvalue weighted by Crippen LogP contribution is 2.22. The lowest BCUT2D eigenvalue weighted by Crippen LogP contribution is -2.42. The average molecular weight is 312 g/mol. The van der Waals surface area contributed by atoms with Crippen LogP contribution in [0.2, 0.25) is 0 Å². The van der Waals surface area contributed by atoms with Crippen molar-refractivity contribution in [2.45, 2.75) is 18.4 Å². The van der Waals surface area contributed by atoms with Gasteiger partial charge in [0, 0.05) is 13.1 Å². The number of hydrogen-bond acceptors (Lipinski definition) is 4. The fourth-order valence-electron chi connectivity index (χ4n) is 2.82. The number of aliphatic hydroxyl groups is 1. The van der Waals surface area contributed by atoms with Crippen LogP contribution in [0.1, 0.15) is 12.0 Å². The maximum atomic E-state index is 10.3. The second-order valence-electron chi connectivity index (χ2n) is 6.14. The summed E-state index contributed by atoms with van der Waals surface area (Å²) < 4.78 is 5.85. The molecule has 0 aliphatic carbocycles. The lowest BCUT2D eigenvalue weighted by Gasteiger charge is -2.21. The van der Waals surface area contributed by atoms with Crippen LogP contribution in [0.5, 0.6) is 11.5 Å². The number of ether oxygens (including phenoxy) is 1. The zero-order valence-corrected chi connectivity index (χ0v) is 13.3. The van der Waals surface area contributed by atoms with Crippen molar-refractivity contribution in [2.75, 3.05) is 26.2 Å². The van der Waals surface area contributed by atoms with Crippen LogP contribution in [0.4, 0.5) is 0 Å². The molecule has 1 saturated heterocycles. The van der Waals surface area contributed by atoms with Crippen molar-refractivity contribution in [3.63, 3.8) is 0 Å². The van der Waals surface area contributed by atoms with Crippen molar-refractivity contribution in [3.8, 4) is 11.5 Å². The number of nitrogens with one attached hydrogen (secondary N) is 2. The van der Waals surface area contributed by atoms with Crippen LogP contribution in [0.15, 0.2) is 54.6 Å². The molecular weight excluding hydrogens is 288 g/mol. The highest BCUT2D eigenvalue weighted by Gasteiger charge is 2.30. The predicted molar refractivity (Wildman–Crippen MR) is 92.0 cm³/mol. The van der Waals surface area contributed by atoms with Crippen molar-refractivity contribution < 1.29 is 9.84 Å². The minimum absolute atomic E-state index is 0.585. The Morgan fingerprint density at radius 2 is 1.91 bits per heavy atom. The van der Waals surface area contributed by atoms with Crippen molar-refractivity contribution >= 4 is 0 Å². The van der Waals surface area contributed by atoms with Crippen molar-refractivity contribution in [1.82, 2.24) is 10.6 Å². The van der Waals surface area contributed by atoms with E-state index in [9.17, 15) is 5.11 Å². The van der Waals surface area contributed by atoms with E-state index in [0.29, 0.717) is 13.1 Å². The lowest BCUT2D eigenvalue weighted by molar-refractivity contribution is 0.0615. The van der Waals surface area contributed by atoms with Crippen LogP contribution in [-0.4, -0.2) is 36.9 Å². The second-order valence-corrected chi connectivity index (χ2v) is 6.14. The molecule has 0 saturated carbocycles. The number of hydrogen-bond donors (Lipinski definition) is 3. The molecule has 0 spiro atoms. The zero-order chi connectivity index (χ0) is 16.0. The summed E-state index contributed by atoms with van der Waals surface area (Å²) in [5, 5.41) is 16.8. The average Bonchev–Trinajstić information content (AvgIpc) is 3.00. The Kier molecular flexibility index (Phi) is 5.28. The number of benzene rings is 2. The van der Waals surface area contributed by atoms with Gasteiger partial charge in [0.25, 0.3) is 0 Å². The second kappa shape index (κ2) is 7.59. The Bertz CT molecular complexity index is 610. The Hall–Kier alpha value is -1.88. The number of β-amino-alcohol motifs (C(OH)–C–C–N with tert-alkyl or cyclic N) is 1. The smallest absolute Gasteiger partial charge is 0.127 e. The van der Waals surface area contributed by atoms with Gasteiger partial charge in [0.15, 0.2) is 0 Å². The molecule has 2 aromatic rings. The molecule has 4 heteroatoms. The molecule has 4 nitrogen and oxygen atoms in total. The molecule has 1 heterocycles. The van der Waals surface area contributed by atoms with Gasteiger partial charge >= 0.3 is 0 Å². The Morgan fingerprint density at radius 1 is 1.09 bits per heavy atom. The molecule has 23 heavy (non-hydrogen) atoms. The summed E-state index contributed by atoms with van der Waals surface area (Å²) in [5.41, 5.74) is 0.639. The van der Waals surface area contributed by atoms with Crippen LogP contribution in [0, 0.1) is 0 Å². The van der Waals surface area contributed by atoms with Crippen molar-refractivity contribution in [3.05, 3.63) is 60.2 Å². The minimum Gasteiger partial charge on any atom is -0.457 e. The molecule has 0 unspecified atom stereocenters. The van der Waals surface area contributed by atoms with E-state index in [1.807, 2.05) is 42.5 Å².